The molecule has 1 aromatic rings. The summed E-state index contributed by atoms with van der Waals surface area (Å²) in [4.78, 5) is 11.4. The second-order valence-electron chi connectivity index (χ2n) is 4.70. The third kappa shape index (κ3) is 3.72. The molecule has 1 fully saturated rings. The van der Waals surface area contributed by atoms with E-state index in [1.165, 1.54) is 32.1 Å². The standard InChI is InChI=1S/C13H20N2O3S/c1-3-9-7-5-6-8-10(9)19-13-15-14-11(18-13)12(16)17-4-2/h9-10H,3-8H2,1-2H3. The SMILES string of the molecule is CCOC(=O)c1nnc(SC2CCCCC2CC)o1. The van der Waals surface area contributed by atoms with Gasteiger partial charge in [0, 0.05) is 5.25 Å². The summed E-state index contributed by atoms with van der Waals surface area (Å²) < 4.78 is 10.2. The van der Waals surface area contributed by atoms with Crippen LogP contribution in [0.5, 0.6) is 0 Å². The van der Waals surface area contributed by atoms with Crippen LogP contribution in [-0.4, -0.2) is 28.0 Å². The second-order valence-corrected chi connectivity index (χ2v) is 5.89. The summed E-state index contributed by atoms with van der Waals surface area (Å²) in [5.41, 5.74) is 0. The number of hydrogen-bond donors (Lipinski definition) is 0. The molecular weight excluding hydrogens is 264 g/mol. The number of rotatable bonds is 5. The van der Waals surface area contributed by atoms with Gasteiger partial charge in [-0.25, -0.2) is 4.79 Å². The second kappa shape index (κ2) is 6.93. The molecule has 0 radical (unpaired) electrons. The number of aromatic nitrogens is 2. The van der Waals surface area contributed by atoms with Crippen molar-refractivity contribution in [1.29, 1.82) is 0 Å². The van der Waals surface area contributed by atoms with Crippen molar-refractivity contribution in [1.82, 2.24) is 10.2 Å². The summed E-state index contributed by atoms with van der Waals surface area (Å²) in [7, 11) is 0. The molecule has 1 aromatic heterocycles. The Bertz CT molecular complexity index is 422. The van der Waals surface area contributed by atoms with Gasteiger partial charge >= 0.3 is 11.9 Å². The topological polar surface area (TPSA) is 65.2 Å². The van der Waals surface area contributed by atoms with Gasteiger partial charge in [-0.3, -0.25) is 0 Å². The molecular formula is C13H20N2O3S. The Morgan fingerprint density at radius 1 is 1.37 bits per heavy atom. The molecule has 2 unspecified atom stereocenters. The molecule has 6 heteroatoms. The van der Waals surface area contributed by atoms with E-state index in [-0.39, 0.29) is 5.89 Å². The average Bonchev–Trinajstić information content (AvgIpc) is 2.88. The number of carbonyl (C=O) groups excluding carboxylic acids is 1. The summed E-state index contributed by atoms with van der Waals surface area (Å²) in [5, 5.41) is 8.67. The van der Waals surface area contributed by atoms with Crippen LogP contribution in [0.3, 0.4) is 0 Å². The quantitative estimate of drug-likeness (QED) is 0.773. The lowest BCUT2D eigenvalue weighted by Gasteiger charge is -2.28. The first-order valence-electron chi connectivity index (χ1n) is 6.91. The molecule has 2 atom stereocenters. The molecule has 0 aromatic carbocycles. The lowest BCUT2D eigenvalue weighted by atomic mass is 9.87. The highest BCUT2D eigenvalue weighted by Gasteiger charge is 2.27. The van der Waals surface area contributed by atoms with Crippen molar-refractivity contribution in [3.05, 3.63) is 5.89 Å². The van der Waals surface area contributed by atoms with Gasteiger partial charge in [0.2, 0.25) is 0 Å². The van der Waals surface area contributed by atoms with Gasteiger partial charge in [-0.15, -0.1) is 5.10 Å². The Morgan fingerprint density at radius 3 is 2.89 bits per heavy atom. The fourth-order valence-electron chi connectivity index (χ4n) is 2.46. The van der Waals surface area contributed by atoms with E-state index in [9.17, 15) is 4.79 Å². The fourth-order valence-corrected chi connectivity index (χ4v) is 3.74. The number of nitrogens with zero attached hydrogens (tertiary/aromatic N) is 2. The lowest BCUT2D eigenvalue weighted by molar-refractivity contribution is 0.0475. The van der Waals surface area contributed by atoms with Crippen LogP contribution in [-0.2, 0) is 4.74 Å². The first kappa shape index (κ1) is 14.4. The number of ether oxygens (including phenoxy) is 1. The average molecular weight is 284 g/mol. The van der Waals surface area contributed by atoms with Crippen LogP contribution < -0.4 is 0 Å². The minimum Gasteiger partial charge on any atom is -0.459 e. The molecule has 2 rings (SSSR count). The van der Waals surface area contributed by atoms with Gasteiger partial charge in [0.15, 0.2) is 0 Å². The lowest BCUT2D eigenvalue weighted by Crippen LogP contribution is -2.21. The molecule has 5 nitrogen and oxygen atoms in total. The van der Waals surface area contributed by atoms with Gasteiger partial charge in [-0.2, -0.15) is 0 Å². The van der Waals surface area contributed by atoms with Crippen LogP contribution in [0.15, 0.2) is 9.64 Å². The highest BCUT2D eigenvalue weighted by atomic mass is 32.2. The maximum atomic E-state index is 11.4. The van der Waals surface area contributed by atoms with Crippen LogP contribution in [0.4, 0.5) is 0 Å². The van der Waals surface area contributed by atoms with Crippen molar-refractivity contribution in [3.63, 3.8) is 0 Å². The van der Waals surface area contributed by atoms with Gasteiger partial charge in [-0.1, -0.05) is 43.0 Å². The maximum Gasteiger partial charge on any atom is 0.396 e. The zero-order chi connectivity index (χ0) is 13.7. The number of thioether (sulfide) groups is 1. The number of esters is 1. The molecule has 106 valence electrons. The molecule has 0 N–H and O–H groups in total. The molecule has 0 bridgehead atoms. The smallest absolute Gasteiger partial charge is 0.396 e. The summed E-state index contributed by atoms with van der Waals surface area (Å²) in [6, 6.07) is 0. The van der Waals surface area contributed by atoms with Crippen molar-refractivity contribution in [2.45, 2.75) is 56.4 Å². The zero-order valence-electron chi connectivity index (χ0n) is 11.4. The predicted molar refractivity (Wildman–Crippen MR) is 72.1 cm³/mol. The van der Waals surface area contributed by atoms with Crippen LogP contribution in [0.1, 0.15) is 56.6 Å². The molecule has 1 heterocycles. The van der Waals surface area contributed by atoms with Crippen molar-refractivity contribution < 1.29 is 13.9 Å². The minimum absolute atomic E-state index is 0.0480. The monoisotopic (exact) mass is 284 g/mol. The fraction of sp³-hybridized carbons (Fsp3) is 0.769. The molecule has 0 saturated heterocycles. The van der Waals surface area contributed by atoms with E-state index in [0.717, 1.165) is 0 Å². The molecule has 19 heavy (non-hydrogen) atoms. The summed E-state index contributed by atoms with van der Waals surface area (Å²) in [6.07, 6.45) is 6.20. The van der Waals surface area contributed by atoms with Crippen molar-refractivity contribution in [2.75, 3.05) is 6.61 Å². The molecule has 1 aliphatic rings. The Balaban J connectivity index is 1.97. The van der Waals surface area contributed by atoms with E-state index >= 15 is 0 Å². The normalized spacial score (nSPS) is 23.3. The maximum absolute atomic E-state index is 11.4. The van der Waals surface area contributed by atoms with Crippen LogP contribution in [0.2, 0.25) is 0 Å². The van der Waals surface area contributed by atoms with Crippen LogP contribution >= 0.6 is 11.8 Å². The number of hydrogen-bond acceptors (Lipinski definition) is 6. The first-order chi connectivity index (χ1) is 9.24. The molecule has 1 aliphatic carbocycles. The summed E-state index contributed by atoms with van der Waals surface area (Å²) >= 11 is 1.61. The highest BCUT2D eigenvalue weighted by molar-refractivity contribution is 7.99. The van der Waals surface area contributed by atoms with Crippen LogP contribution in [0.25, 0.3) is 0 Å². The first-order valence-corrected chi connectivity index (χ1v) is 7.79. The summed E-state index contributed by atoms with van der Waals surface area (Å²) in [5.74, 6) is 0.113. The van der Waals surface area contributed by atoms with Gasteiger partial charge in [0.05, 0.1) is 6.61 Å². The molecule has 0 aliphatic heterocycles. The van der Waals surface area contributed by atoms with E-state index in [1.54, 1.807) is 18.7 Å². The van der Waals surface area contributed by atoms with E-state index in [2.05, 4.69) is 17.1 Å². The van der Waals surface area contributed by atoms with Crippen molar-refractivity contribution in [3.8, 4) is 0 Å². The Hall–Kier alpha value is -1.04. The van der Waals surface area contributed by atoms with E-state index in [1.807, 2.05) is 0 Å². The Kier molecular flexibility index (Phi) is 5.24. The van der Waals surface area contributed by atoms with Gasteiger partial charge in [0.1, 0.15) is 0 Å². The highest BCUT2D eigenvalue weighted by Crippen LogP contribution is 2.38. The van der Waals surface area contributed by atoms with Gasteiger partial charge in [0.25, 0.3) is 5.22 Å². The molecule has 1 saturated carbocycles. The third-order valence-corrected chi connectivity index (χ3v) is 4.76. The largest absolute Gasteiger partial charge is 0.459 e. The van der Waals surface area contributed by atoms with E-state index in [0.29, 0.717) is 23.0 Å². The zero-order valence-corrected chi connectivity index (χ0v) is 12.2. The van der Waals surface area contributed by atoms with Gasteiger partial charge in [-0.05, 0) is 25.7 Å². The molecule has 0 spiro atoms. The third-order valence-electron chi connectivity index (χ3n) is 3.47. The Morgan fingerprint density at radius 2 is 2.16 bits per heavy atom. The van der Waals surface area contributed by atoms with E-state index in [4.69, 9.17) is 9.15 Å². The van der Waals surface area contributed by atoms with Crippen LogP contribution in [0, 0.1) is 5.92 Å². The Labute approximate surface area is 117 Å². The molecule has 0 amide bonds. The van der Waals surface area contributed by atoms with E-state index < -0.39 is 5.97 Å². The van der Waals surface area contributed by atoms with Crippen molar-refractivity contribution in [2.24, 2.45) is 5.92 Å². The van der Waals surface area contributed by atoms with Gasteiger partial charge < -0.3 is 9.15 Å². The minimum atomic E-state index is -0.544. The van der Waals surface area contributed by atoms with Crippen molar-refractivity contribution >= 4 is 17.7 Å². The number of carbonyl (C=O) groups is 1. The predicted octanol–water partition coefficient (Wildman–Crippen LogP) is 3.31. The summed E-state index contributed by atoms with van der Waals surface area (Å²) in [6.45, 7) is 4.28.